The van der Waals surface area contributed by atoms with Crippen LogP contribution in [-0.2, 0) is 21.0 Å². The van der Waals surface area contributed by atoms with Gasteiger partial charge in [0.1, 0.15) is 0 Å². The lowest BCUT2D eigenvalue weighted by Gasteiger charge is -2.07. The molecule has 0 fully saturated rings. The summed E-state index contributed by atoms with van der Waals surface area (Å²) in [5.41, 5.74) is 5.62. The molecule has 4 N–H and O–H groups in total. The molecule has 2 aromatic carbocycles. The molecule has 0 unspecified atom stereocenters. The Labute approximate surface area is 189 Å². The van der Waals surface area contributed by atoms with Crippen LogP contribution in [0.3, 0.4) is 0 Å². The number of unbranched alkanes of at least 4 members (excludes halogenated alkanes) is 3. The van der Waals surface area contributed by atoms with Gasteiger partial charge in [-0.1, -0.05) is 25.0 Å². The van der Waals surface area contributed by atoms with Crippen LogP contribution in [0.1, 0.15) is 54.4 Å². The van der Waals surface area contributed by atoms with Crippen LogP contribution in [0.15, 0.2) is 48.5 Å². The van der Waals surface area contributed by atoms with Gasteiger partial charge in [0.05, 0.1) is 6.61 Å². The Morgan fingerprint density at radius 1 is 0.719 bits per heavy atom. The van der Waals surface area contributed by atoms with E-state index in [0.717, 1.165) is 36.9 Å². The van der Waals surface area contributed by atoms with E-state index in [4.69, 9.17) is 4.84 Å². The van der Waals surface area contributed by atoms with Crippen LogP contribution in [0, 0.1) is 0 Å². The molecule has 0 saturated carbocycles. The molecule has 3 amide bonds. The summed E-state index contributed by atoms with van der Waals surface area (Å²) >= 11 is 0. The second kappa shape index (κ2) is 14.0. The average molecular weight is 441 g/mol. The molecule has 0 aliphatic rings. The summed E-state index contributed by atoms with van der Waals surface area (Å²) < 4.78 is 0. The van der Waals surface area contributed by atoms with Gasteiger partial charge in [-0.3, -0.25) is 19.2 Å². The Morgan fingerprint density at radius 3 is 1.69 bits per heavy atom. The molecule has 2 aromatic rings. The molecule has 172 valence electrons. The van der Waals surface area contributed by atoms with Crippen molar-refractivity contribution in [3.05, 3.63) is 59.7 Å². The van der Waals surface area contributed by atoms with Crippen LogP contribution in [0.5, 0.6) is 0 Å². The zero-order valence-electron chi connectivity index (χ0n) is 18.7. The summed E-state index contributed by atoms with van der Waals surface area (Å²) in [6.07, 6.45) is 4.20. The maximum absolute atomic E-state index is 12.1. The van der Waals surface area contributed by atoms with Crippen LogP contribution in [0.25, 0.3) is 0 Å². The highest BCUT2D eigenvalue weighted by molar-refractivity contribution is 5.95. The smallest absolute Gasteiger partial charge is 0.251 e. The van der Waals surface area contributed by atoms with E-state index in [1.54, 1.807) is 38.4 Å². The third kappa shape index (κ3) is 9.28. The first-order chi connectivity index (χ1) is 15.5. The molecule has 0 atom stereocenters. The third-order valence-corrected chi connectivity index (χ3v) is 4.84. The Kier molecular flexibility index (Phi) is 10.9. The van der Waals surface area contributed by atoms with E-state index in [1.165, 1.54) is 0 Å². The van der Waals surface area contributed by atoms with E-state index in [-0.39, 0.29) is 17.7 Å². The molecule has 0 aromatic heterocycles. The van der Waals surface area contributed by atoms with Crippen molar-refractivity contribution in [2.75, 3.05) is 24.7 Å². The van der Waals surface area contributed by atoms with Crippen molar-refractivity contribution in [3.63, 3.8) is 0 Å². The Morgan fingerprint density at radius 2 is 1.22 bits per heavy atom. The summed E-state index contributed by atoms with van der Waals surface area (Å²) in [4.78, 5) is 40.7. The highest BCUT2D eigenvalue weighted by Gasteiger charge is 2.06. The van der Waals surface area contributed by atoms with Gasteiger partial charge in [-0.05, 0) is 54.8 Å². The van der Waals surface area contributed by atoms with Crippen LogP contribution >= 0.6 is 0 Å². The number of hydrogen-bond donors (Lipinski definition) is 4. The zero-order valence-corrected chi connectivity index (χ0v) is 18.7. The van der Waals surface area contributed by atoms with Crippen molar-refractivity contribution in [2.45, 2.75) is 45.1 Å². The topological polar surface area (TPSA) is 109 Å². The minimum absolute atomic E-state index is 0.0119. The minimum Gasteiger partial charge on any atom is -0.355 e. The summed E-state index contributed by atoms with van der Waals surface area (Å²) in [5.74, 6) is -0.231. The summed E-state index contributed by atoms with van der Waals surface area (Å²) in [7, 11) is 3.28. The number of carbonyl (C=O) groups excluding carboxylic acids is 3. The lowest BCUT2D eigenvalue weighted by Crippen LogP contribution is -2.17. The molecule has 0 saturated heterocycles. The molecule has 0 aliphatic heterocycles. The van der Waals surface area contributed by atoms with E-state index < -0.39 is 0 Å². The SMILES string of the molecule is CNOCc1ccc(NC(=O)CCCCCCC(=O)Nc2ccc(C(=O)NC)cc2)cc1. The van der Waals surface area contributed by atoms with Gasteiger partial charge in [0.25, 0.3) is 5.91 Å². The minimum atomic E-state index is -0.162. The van der Waals surface area contributed by atoms with E-state index in [0.29, 0.717) is 30.7 Å². The molecule has 8 nitrogen and oxygen atoms in total. The van der Waals surface area contributed by atoms with Crippen molar-refractivity contribution < 1.29 is 19.2 Å². The average Bonchev–Trinajstić information content (AvgIpc) is 2.80. The number of amides is 3. The predicted molar refractivity (Wildman–Crippen MR) is 125 cm³/mol. The molecule has 0 radical (unpaired) electrons. The van der Waals surface area contributed by atoms with E-state index in [2.05, 4.69) is 21.4 Å². The quantitative estimate of drug-likeness (QED) is 0.281. The van der Waals surface area contributed by atoms with Gasteiger partial charge in [-0.2, -0.15) is 0 Å². The Hall–Kier alpha value is -3.23. The lowest BCUT2D eigenvalue weighted by atomic mass is 10.1. The second-order valence-electron chi connectivity index (χ2n) is 7.36. The van der Waals surface area contributed by atoms with Crippen LogP contribution in [0.4, 0.5) is 11.4 Å². The molecular weight excluding hydrogens is 408 g/mol. The zero-order chi connectivity index (χ0) is 23.2. The Bertz CT molecular complexity index is 867. The maximum Gasteiger partial charge on any atom is 0.251 e. The molecule has 0 heterocycles. The highest BCUT2D eigenvalue weighted by atomic mass is 16.6. The fourth-order valence-electron chi connectivity index (χ4n) is 3.06. The van der Waals surface area contributed by atoms with Gasteiger partial charge in [0, 0.05) is 43.9 Å². The van der Waals surface area contributed by atoms with Gasteiger partial charge < -0.3 is 16.0 Å². The van der Waals surface area contributed by atoms with E-state index in [1.807, 2.05) is 24.3 Å². The number of carbonyl (C=O) groups is 3. The van der Waals surface area contributed by atoms with Crippen LogP contribution in [-0.4, -0.2) is 31.8 Å². The molecular formula is C24H32N4O4. The fraction of sp³-hybridized carbons (Fsp3) is 0.375. The van der Waals surface area contributed by atoms with Crippen LogP contribution in [0.2, 0.25) is 0 Å². The summed E-state index contributed by atoms with van der Waals surface area (Å²) in [6, 6.07) is 14.3. The standard InChI is InChI=1S/C24H32N4O4/c1-25-24(31)19-11-15-21(16-12-19)28-23(30)8-6-4-3-5-7-22(29)27-20-13-9-18(10-14-20)17-32-26-2/h9-16,26H,3-8,17H2,1-2H3,(H,25,31)(H,27,29)(H,28,30). The molecule has 0 aliphatic carbocycles. The van der Waals surface area contributed by atoms with Gasteiger partial charge in [-0.15, -0.1) is 0 Å². The third-order valence-electron chi connectivity index (χ3n) is 4.84. The monoisotopic (exact) mass is 440 g/mol. The van der Waals surface area contributed by atoms with Gasteiger partial charge >= 0.3 is 0 Å². The van der Waals surface area contributed by atoms with Crippen molar-refractivity contribution >= 4 is 29.1 Å². The largest absolute Gasteiger partial charge is 0.355 e. The molecule has 2 rings (SSSR count). The molecule has 0 spiro atoms. The second-order valence-corrected chi connectivity index (χ2v) is 7.36. The maximum atomic E-state index is 12.1. The number of hydrogen-bond acceptors (Lipinski definition) is 5. The van der Waals surface area contributed by atoms with Crippen molar-refractivity contribution in [3.8, 4) is 0 Å². The number of nitrogens with one attached hydrogen (secondary N) is 4. The number of rotatable bonds is 13. The first kappa shape index (κ1) is 25.0. The van der Waals surface area contributed by atoms with Crippen LogP contribution < -0.4 is 21.4 Å². The van der Waals surface area contributed by atoms with E-state index >= 15 is 0 Å². The molecule has 0 bridgehead atoms. The first-order valence-electron chi connectivity index (χ1n) is 10.8. The summed E-state index contributed by atoms with van der Waals surface area (Å²) in [6.45, 7) is 0.465. The van der Waals surface area contributed by atoms with Gasteiger partial charge in [0.2, 0.25) is 11.8 Å². The fourth-order valence-corrected chi connectivity index (χ4v) is 3.06. The number of benzene rings is 2. The Balaban J connectivity index is 1.56. The molecule has 32 heavy (non-hydrogen) atoms. The van der Waals surface area contributed by atoms with Crippen molar-refractivity contribution in [1.29, 1.82) is 0 Å². The number of anilines is 2. The number of hydroxylamine groups is 1. The van der Waals surface area contributed by atoms with Gasteiger partial charge in [-0.25, -0.2) is 5.48 Å². The molecule has 8 heteroatoms. The first-order valence-corrected chi connectivity index (χ1v) is 10.8. The highest BCUT2D eigenvalue weighted by Crippen LogP contribution is 2.13. The van der Waals surface area contributed by atoms with Crippen molar-refractivity contribution in [1.82, 2.24) is 10.8 Å². The lowest BCUT2D eigenvalue weighted by molar-refractivity contribution is -0.117. The van der Waals surface area contributed by atoms with Crippen molar-refractivity contribution in [2.24, 2.45) is 0 Å². The van der Waals surface area contributed by atoms with E-state index in [9.17, 15) is 14.4 Å². The normalized spacial score (nSPS) is 10.4. The predicted octanol–water partition coefficient (Wildman–Crippen LogP) is 3.62. The van der Waals surface area contributed by atoms with Gasteiger partial charge in [0.15, 0.2) is 0 Å². The summed E-state index contributed by atoms with van der Waals surface area (Å²) in [5, 5.41) is 8.28.